The van der Waals surface area contributed by atoms with Crippen molar-refractivity contribution in [1.82, 2.24) is 5.43 Å². The van der Waals surface area contributed by atoms with E-state index in [0.717, 1.165) is 24.3 Å². The molecule has 1 aromatic carbocycles. The summed E-state index contributed by atoms with van der Waals surface area (Å²) in [4.78, 5) is 11.9. The second-order valence-corrected chi connectivity index (χ2v) is 5.09. The minimum Gasteiger partial charge on any atom is -0.465 e. The number of carbonyl (C=O) groups is 1. The quantitative estimate of drug-likeness (QED) is 0.448. The first-order valence-corrected chi connectivity index (χ1v) is 7.28. The first-order valence-electron chi connectivity index (χ1n) is 7.28. The number of hydrogen-bond acceptors (Lipinski definition) is 4. The molecule has 5 nitrogen and oxygen atoms in total. The Bertz CT molecular complexity index is 785. The number of ether oxygens (including phenoxy) is 1. The van der Waals surface area contributed by atoms with E-state index >= 15 is 0 Å². The predicted octanol–water partition coefficient (Wildman–Crippen LogP) is 4.34. The highest BCUT2D eigenvalue weighted by Gasteiger charge is 2.43. The number of allylic oxidation sites excluding steroid dienone is 1. The molecule has 1 N–H and O–H groups in total. The molecule has 2 aromatic rings. The van der Waals surface area contributed by atoms with Crippen LogP contribution in [-0.2, 0) is 0 Å². The Labute approximate surface area is 146 Å². The molecule has 0 aliphatic carbocycles. The van der Waals surface area contributed by atoms with Crippen molar-refractivity contribution >= 4 is 18.2 Å². The highest BCUT2D eigenvalue weighted by Crippen LogP contribution is 2.27. The first-order chi connectivity index (χ1) is 12.3. The molecule has 0 aliphatic rings. The fourth-order valence-electron chi connectivity index (χ4n) is 1.77. The number of amides is 1. The van der Waals surface area contributed by atoms with Crippen LogP contribution < -0.4 is 10.2 Å². The van der Waals surface area contributed by atoms with Crippen molar-refractivity contribution in [3.05, 3.63) is 59.6 Å². The molecular formula is C17H14F4N2O3. The number of hydrogen-bond donors (Lipinski definition) is 1. The van der Waals surface area contributed by atoms with Gasteiger partial charge in [-0.3, -0.25) is 4.79 Å². The van der Waals surface area contributed by atoms with Gasteiger partial charge >= 0.3 is 12.5 Å². The van der Waals surface area contributed by atoms with E-state index in [-0.39, 0.29) is 5.56 Å². The third-order valence-electron chi connectivity index (χ3n) is 2.97. The Morgan fingerprint density at radius 2 is 1.96 bits per heavy atom. The molecule has 0 unspecified atom stereocenters. The number of alkyl halides is 4. The zero-order valence-electron chi connectivity index (χ0n) is 13.5. The van der Waals surface area contributed by atoms with Crippen molar-refractivity contribution < 1.29 is 31.5 Å². The fraction of sp³-hybridized carbons (Fsp3) is 0.176. The summed E-state index contributed by atoms with van der Waals surface area (Å²) in [7, 11) is 0. The molecular weight excluding hydrogens is 356 g/mol. The van der Waals surface area contributed by atoms with E-state index in [1.807, 2.05) is 0 Å². The summed E-state index contributed by atoms with van der Waals surface area (Å²) in [6.45, 7) is 1.74. The van der Waals surface area contributed by atoms with Crippen LogP contribution >= 0.6 is 0 Å². The van der Waals surface area contributed by atoms with Crippen LogP contribution in [0.1, 0.15) is 23.0 Å². The van der Waals surface area contributed by atoms with Gasteiger partial charge in [-0.1, -0.05) is 0 Å². The number of furan rings is 1. The van der Waals surface area contributed by atoms with Crippen LogP contribution in [0.4, 0.5) is 17.6 Å². The minimum absolute atomic E-state index is 0.0857. The Morgan fingerprint density at radius 3 is 2.54 bits per heavy atom. The van der Waals surface area contributed by atoms with Crippen molar-refractivity contribution in [2.24, 2.45) is 5.10 Å². The molecule has 0 aliphatic heterocycles. The fourth-order valence-corrected chi connectivity index (χ4v) is 1.77. The van der Waals surface area contributed by atoms with Crippen LogP contribution in [0.25, 0.3) is 6.08 Å². The number of rotatable bonds is 7. The van der Waals surface area contributed by atoms with E-state index in [1.165, 1.54) is 12.5 Å². The Hall–Kier alpha value is -3.10. The largest absolute Gasteiger partial charge is 0.465 e. The second kappa shape index (κ2) is 8.32. The molecule has 0 saturated heterocycles. The van der Waals surface area contributed by atoms with E-state index < -0.39 is 24.2 Å². The summed E-state index contributed by atoms with van der Waals surface area (Å²) in [6.07, 6.45) is -3.96. The average molecular weight is 370 g/mol. The Morgan fingerprint density at radius 1 is 1.27 bits per heavy atom. The molecule has 9 heteroatoms. The molecule has 0 radical (unpaired) electrons. The molecule has 0 atom stereocenters. The lowest BCUT2D eigenvalue weighted by Gasteiger charge is -2.16. The van der Waals surface area contributed by atoms with Gasteiger partial charge in [0.05, 0.1) is 12.5 Å². The average Bonchev–Trinajstić information content (AvgIpc) is 3.07. The number of carbonyl (C=O) groups excluding carboxylic acids is 1. The van der Waals surface area contributed by atoms with Crippen LogP contribution in [-0.4, -0.2) is 24.7 Å². The maximum Gasteiger partial charge on any atom is 0.461 e. The normalized spacial score (nSPS) is 12.6. The van der Waals surface area contributed by atoms with Crippen molar-refractivity contribution in [3.63, 3.8) is 0 Å². The van der Waals surface area contributed by atoms with Gasteiger partial charge in [-0.15, -0.1) is 0 Å². The summed E-state index contributed by atoms with van der Waals surface area (Å²) >= 11 is 0. The van der Waals surface area contributed by atoms with Crippen LogP contribution in [0, 0.1) is 0 Å². The summed E-state index contributed by atoms with van der Waals surface area (Å²) in [5.41, 5.74) is 3.04. The van der Waals surface area contributed by atoms with Crippen molar-refractivity contribution in [2.75, 3.05) is 0 Å². The molecule has 0 fully saturated rings. The standard InChI is InChI=1S/C17H14F4N2O3/c1-11(9-14-3-2-8-25-14)10-22-23-15(24)12-4-6-13(7-5-12)26-17(20,21)16(18)19/h2-10,16H,1H3,(H,23,24). The van der Waals surface area contributed by atoms with Gasteiger partial charge in [0.2, 0.25) is 0 Å². The smallest absolute Gasteiger partial charge is 0.461 e. The van der Waals surface area contributed by atoms with Gasteiger partial charge in [-0.2, -0.15) is 22.7 Å². The third kappa shape index (κ3) is 5.47. The van der Waals surface area contributed by atoms with Gasteiger partial charge in [0.15, 0.2) is 0 Å². The lowest BCUT2D eigenvalue weighted by molar-refractivity contribution is -0.253. The van der Waals surface area contributed by atoms with Crippen molar-refractivity contribution in [1.29, 1.82) is 0 Å². The Balaban J connectivity index is 1.92. The van der Waals surface area contributed by atoms with Gasteiger partial charge in [0.1, 0.15) is 11.5 Å². The molecule has 0 bridgehead atoms. The van der Waals surface area contributed by atoms with E-state index in [4.69, 9.17) is 4.42 Å². The van der Waals surface area contributed by atoms with E-state index in [1.54, 1.807) is 25.1 Å². The molecule has 1 aromatic heterocycles. The number of benzene rings is 1. The topological polar surface area (TPSA) is 63.8 Å². The zero-order chi connectivity index (χ0) is 19.2. The molecule has 1 amide bonds. The zero-order valence-corrected chi connectivity index (χ0v) is 13.5. The molecule has 0 spiro atoms. The lowest BCUT2D eigenvalue weighted by atomic mass is 10.2. The maximum absolute atomic E-state index is 12.8. The summed E-state index contributed by atoms with van der Waals surface area (Å²) < 4.78 is 58.7. The van der Waals surface area contributed by atoms with Crippen LogP contribution in [0.15, 0.2) is 57.8 Å². The highest BCUT2D eigenvalue weighted by atomic mass is 19.3. The number of halogens is 4. The van der Waals surface area contributed by atoms with Gasteiger partial charge < -0.3 is 9.15 Å². The van der Waals surface area contributed by atoms with Gasteiger partial charge in [-0.25, -0.2) is 5.43 Å². The van der Waals surface area contributed by atoms with E-state index in [9.17, 15) is 22.4 Å². The van der Waals surface area contributed by atoms with Crippen LogP contribution in [0.3, 0.4) is 0 Å². The highest BCUT2D eigenvalue weighted by molar-refractivity contribution is 5.95. The van der Waals surface area contributed by atoms with E-state index in [2.05, 4.69) is 15.3 Å². The summed E-state index contributed by atoms with van der Waals surface area (Å²) in [5, 5.41) is 3.75. The number of hydrazone groups is 1. The van der Waals surface area contributed by atoms with E-state index in [0.29, 0.717) is 11.3 Å². The van der Waals surface area contributed by atoms with Gasteiger partial charge in [0.25, 0.3) is 5.91 Å². The van der Waals surface area contributed by atoms with Crippen LogP contribution in [0.5, 0.6) is 5.75 Å². The van der Waals surface area contributed by atoms with Crippen molar-refractivity contribution in [2.45, 2.75) is 19.5 Å². The summed E-state index contributed by atoms with van der Waals surface area (Å²) in [6, 6.07) is 7.73. The SMILES string of the molecule is CC(C=NNC(=O)c1ccc(OC(F)(F)C(F)F)cc1)=Cc1ccco1. The first kappa shape index (κ1) is 19.2. The molecule has 1 heterocycles. The third-order valence-corrected chi connectivity index (χ3v) is 2.97. The van der Waals surface area contributed by atoms with Crippen molar-refractivity contribution in [3.8, 4) is 5.75 Å². The maximum atomic E-state index is 12.8. The van der Waals surface area contributed by atoms with Gasteiger partial charge in [-0.05, 0) is 55.0 Å². The number of nitrogens with one attached hydrogen (secondary N) is 1. The summed E-state index contributed by atoms with van der Waals surface area (Å²) in [5.74, 6) is -0.483. The number of nitrogens with zero attached hydrogens (tertiary/aromatic N) is 1. The molecule has 0 saturated carbocycles. The molecule has 138 valence electrons. The van der Waals surface area contributed by atoms with Gasteiger partial charge in [0, 0.05) is 5.56 Å². The second-order valence-electron chi connectivity index (χ2n) is 5.09. The molecule has 2 rings (SSSR count). The Kier molecular flexibility index (Phi) is 6.16. The molecule has 26 heavy (non-hydrogen) atoms. The monoisotopic (exact) mass is 370 g/mol. The minimum atomic E-state index is -4.61. The predicted molar refractivity (Wildman–Crippen MR) is 86.3 cm³/mol. The van der Waals surface area contributed by atoms with Crippen LogP contribution in [0.2, 0.25) is 0 Å². The lowest BCUT2D eigenvalue weighted by Crippen LogP contribution is -2.33.